The van der Waals surface area contributed by atoms with Crippen molar-refractivity contribution in [3.05, 3.63) is 107 Å². The number of carbonyl (C=O) groups is 1. The van der Waals surface area contributed by atoms with Crippen molar-refractivity contribution in [3.63, 3.8) is 0 Å². The zero-order valence-corrected chi connectivity index (χ0v) is 19.4. The predicted molar refractivity (Wildman–Crippen MR) is 138 cm³/mol. The first-order valence-corrected chi connectivity index (χ1v) is 12.4. The van der Waals surface area contributed by atoms with Crippen molar-refractivity contribution >= 4 is 48.9 Å². The van der Waals surface area contributed by atoms with Crippen LogP contribution < -0.4 is 10.6 Å². The average Bonchev–Trinajstić information content (AvgIpc) is 3.50. The Morgan fingerprint density at radius 3 is 2.12 bits per heavy atom. The lowest BCUT2D eigenvalue weighted by atomic mass is 9.88. The van der Waals surface area contributed by atoms with E-state index in [0.29, 0.717) is 21.1 Å². The summed E-state index contributed by atoms with van der Waals surface area (Å²) < 4.78 is 1.09. The van der Waals surface area contributed by atoms with Gasteiger partial charge in [-0.1, -0.05) is 90.2 Å². The van der Waals surface area contributed by atoms with Gasteiger partial charge in [0.25, 0.3) is 5.91 Å². The summed E-state index contributed by atoms with van der Waals surface area (Å²) in [6, 6.07) is 31.0. The Kier molecular flexibility index (Phi) is 6.41. The van der Waals surface area contributed by atoms with Crippen LogP contribution in [0.15, 0.2) is 91.0 Å². The van der Waals surface area contributed by atoms with E-state index in [1.54, 1.807) is 0 Å². The van der Waals surface area contributed by atoms with Crippen LogP contribution in [0.4, 0.5) is 10.3 Å². The van der Waals surface area contributed by atoms with E-state index in [1.807, 2.05) is 42.5 Å². The fourth-order valence-electron chi connectivity index (χ4n) is 3.82. The molecule has 164 valence electrons. The molecule has 0 aliphatic heterocycles. The van der Waals surface area contributed by atoms with Gasteiger partial charge in [-0.05, 0) is 35.1 Å². The van der Waals surface area contributed by atoms with Gasteiger partial charge in [0.05, 0.1) is 4.88 Å². The minimum Gasteiger partial charge on any atom is -0.360 e. The zero-order chi connectivity index (χ0) is 22.5. The number of hydrogen-bond donors (Lipinski definition) is 2. The summed E-state index contributed by atoms with van der Waals surface area (Å²) in [5.41, 5.74) is 2.58. The molecule has 0 atom stereocenters. The number of fused-ring (bicyclic) bond motifs is 1. The minimum absolute atomic E-state index is 0.160. The number of anilines is 2. The second kappa shape index (κ2) is 9.94. The molecule has 2 aromatic heterocycles. The lowest BCUT2D eigenvalue weighted by Gasteiger charge is -2.18. The zero-order valence-electron chi connectivity index (χ0n) is 17.8. The first-order chi connectivity index (χ1) is 16.3. The fraction of sp³-hybridized carbons (Fsp3) is 0.115. The van der Waals surface area contributed by atoms with E-state index in [2.05, 4.69) is 69.4 Å². The lowest BCUT2D eigenvalue weighted by molar-refractivity contribution is 0.103. The second-order valence-electron chi connectivity index (χ2n) is 7.60. The van der Waals surface area contributed by atoms with Crippen molar-refractivity contribution in [2.24, 2.45) is 0 Å². The Labute approximate surface area is 200 Å². The molecule has 0 radical (unpaired) electrons. The van der Waals surface area contributed by atoms with Gasteiger partial charge in [-0.25, -0.2) is 0 Å². The molecular formula is C26H22N4OS2. The molecule has 5 nitrogen and oxygen atoms in total. The topological polar surface area (TPSA) is 66.9 Å². The highest BCUT2D eigenvalue weighted by Crippen LogP contribution is 2.29. The summed E-state index contributed by atoms with van der Waals surface area (Å²) in [6.45, 7) is 0.743. The number of amides is 1. The summed E-state index contributed by atoms with van der Waals surface area (Å²) in [4.78, 5) is 13.3. The van der Waals surface area contributed by atoms with Crippen molar-refractivity contribution in [2.75, 3.05) is 17.2 Å². The number of hydrogen-bond acceptors (Lipinski definition) is 6. The first-order valence-electron chi connectivity index (χ1n) is 10.7. The van der Waals surface area contributed by atoms with Crippen molar-refractivity contribution < 1.29 is 4.79 Å². The number of carbonyl (C=O) groups excluding carboxylic acids is 1. The van der Waals surface area contributed by atoms with Crippen LogP contribution in [-0.4, -0.2) is 22.6 Å². The maximum Gasteiger partial charge on any atom is 0.267 e. The minimum atomic E-state index is -0.160. The molecule has 2 heterocycles. The average molecular weight is 471 g/mol. The van der Waals surface area contributed by atoms with Crippen LogP contribution in [0, 0.1) is 0 Å². The summed E-state index contributed by atoms with van der Waals surface area (Å²) in [7, 11) is 0. The highest BCUT2D eigenvalue weighted by molar-refractivity contribution is 7.21. The Morgan fingerprint density at radius 1 is 0.788 bits per heavy atom. The molecule has 33 heavy (non-hydrogen) atoms. The van der Waals surface area contributed by atoms with Gasteiger partial charge in [-0.15, -0.1) is 21.5 Å². The molecular weight excluding hydrogens is 448 g/mol. The smallest absolute Gasteiger partial charge is 0.267 e. The number of nitrogens with one attached hydrogen (secondary N) is 2. The molecule has 0 saturated carbocycles. The SMILES string of the molecule is O=C(Nc1nnc(NCCC(c2ccccc2)c2ccccc2)s1)c1cc2ccccc2s1. The molecule has 7 heteroatoms. The second-order valence-corrected chi connectivity index (χ2v) is 9.67. The molecule has 0 aliphatic carbocycles. The Bertz CT molecular complexity index is 1280. The molecule has 0 bridgehead atoms. The third-order valence-electron chi connectivity index (χ3n) is 5.41. The van der Waals surface area contributed by atoms with Crippen molar-refractivity contribution in [2.45, 2.75) is 12.3 Å². The monoisotopic (exact) mass is 470 g/mol. The third-order valence-corrected chi connectivity index (χ3v) is 7.32. The van der Waals surface area contributed by atoms with Gasteiger partial charge >= 0.3 is 0 Å². The van der Waals surface area contributed by atoms with Gasteiger partial charge in [0.2, 0.25) is 10.3 Å². The van der Waals surface area contributed by atoms with Crippen molar-refractivity contribution in [1.29, 1.82) is 0 Å². The molecule has 5 rings (SSSR count). The summed E-state index contributed by atoms with van der Waals surface area (Å²) in [6.07, 6.45) is 0.914. The number of rotatable bonds is 8. The van der Waals surface area contributed by atoms with E-state index in [-0.39, 0.29) is 5.91 Å². The van der Waals surface area contributed by atoms with Gasteiger partial charge in [0.15, 0.2) is 0 Å². The number of aromatic nitrogens is 2. The molecule has 0 unspecified atom stereocenters. The van der Waals surface area contributed by atoms with Gasteiger partial charge < -0.3 is 5.32 Å². The van der Waals surface area contributed by atoms with Crippen LogP contribution in [-0.2, 0) is 0 Å². The quantitative estimate of drug-likeness (QED) is 0.267. The molecule has 5 aromatic rings. The molecule has 2 N–H and O–H groups in total. The van der Waals surface area contributed by atoms with Gasteiger partial charge in [0, 0.05) is 17.2 Å². The van der Waals surface area contributed by atoms with Crippen LogP contribution in [0.25, 0.3) is 10.1 Å². The Morgan fingerprint density at radius 2 is 1.42 bits per heavy atom. The summed E-state index contributed by atoms with van der Waals surface area (Å²) >= 11 is 2.82. The number of thiophene rings is 1. The van der Waals surface area contributed by atoms with E-state index >= 15 is 0 Å². The van der Waals surface area contributed by atoms with Gasteiger partial charge in [0.1, 0.15) is 0 Å². The molecule has 0 fully saturated rings. The number of nitrogens with zero attached hydrogens (tertiary/aromatic N) is 2. The molecule has 0 saturated heterocycles. The van der Waals surface area contributed by atoms with Crippen LogP contribution in [0.5, 0.6) is 0 Å². The van der Waals surface area contributed by atoms with E-state index in [4.69, 9.17) is 0 Å². The van der Waals surface area contributed by atoms with Crippen molar-refractivity contribution in [3.8, 4) is 0 Å². The molecule has 1 amide bonds. The molecule has 0 spiro atoms. The predicted octanol–water partition coefficient (Wildman–Crippen LogP) is 6.64. The normalized spacial score (nSPS) is 11.1. The highest BCUT2D eigenvalue weighted by atomic mass is 32.1. The van der Waals surface area contributed by atoms with Crippen molar-refractivity contribution in [1.82, 2.24) is 10.2 Å². The third kappa shape index (κ3) is 5.10. The molecule has 3 aromatic carbocycles. The molecule has 0 aliphatic rings. The van der Waals surface area contributed by atoms with Crippen LogP contribution >= 0.6 is 22.7 Å². The van der Waals surface area contributed by atoms with Gasteiger partial charge in [-0.2, -0.15) is 0 Å². The van der Waals surface area contributed by atoms with E-state index in [1.165, 1.54) is 33.8 Å². The van der Waals surface area contributed by atoms with E-state index < -0.39 is 0 Å². The fourth-order valence-corrected chi connectivity index (χ4v) is 5.44. The summed E-state index contributed by atoms with van der Waals surface area (Å²) in [5, 5.41) is 16.8. The first kappa shape index (κ1) is 21.3. The van der Waals surface area contributed by atoms with Crippen LogP contribution in [0.1, 0.15) is 33.1 Å². The van der Waals surface area contributed by atoms with E-state index in [9.17, 15) is 4.79 Å². The van der Waals surface area contributed by atoms with Crippen LogP contribution in [0.3, 0.4) is 0 Å². The van der Waals surface area contributed by atoms with Crippen LogP contribution in [0.2, 0.25) is 0 Å². The van der Waals surface area contributed by atoms with E-state index in [0.717, 1.165) is 23.1 Å². The lowest BCUT2D eigenvalue weighted by Crippen LogP contribution is -2.09. The summed E-state index contributed by atoms with van der Waals surface area (Å²) in [5.74, 6) is 0.132. The largest absolute Gasteiger partial charge is 0.360 e. The number of benzene rings is 3. The maximum atomic E-state index is 12.6. The Balaban J connectivity index is 1.21. The Hall–Kier alpha value is -3.55. The maximum absolute atomic E-state index is 12.6. The highest BCUT2D eigenvalue weighted by Gasteiger charge is 2.15. The standard InChI is InChI=1S/C26H22N4OS2/c31-24(23-17-20-13-7-8-14-22(20)32-23)28-26-30-29-25(33-26)27-16-15-21(18-9-3-1-4-10-18)19-11-5-2-6-12-19/h1-14,17,21H,15-16H2,(H,27,29)(H,28,30,31). The van der Waals surface area contributed by atoms with Gasteiger partial charge in [-0.3, -0.25) is 10.1 Å².